The Morgan fingerprint density at radius 3 is 2.68 bits per heavy atom. The van der Waals surface area contributed by atoms with E-state index in [1.165, 1.54) is 16.7 Å². The molecule has 1 atom stereocenters. The minimum atomic E-state index is 0.0600. The molecule has 0 saturated heterocycles. The second-order valence-corrected chi connectivity index (χ2v) is 6.58. The fourth-order valence-electron chi connectivity index (χ4n) is 3.24. The number of carbonyl (C=O) groups is 1. The molecular weight excluding hydrogens is 314 g/mol. The number of ether oxygens (including phenoxy) is 2. The molecule has 0 bridgehead atoms. The van der Waals surface area contributed by atoms with E-state index < -0.39 is 0 Å². The molecule has 0 spiro atoms. The van der Waals surface area contributed by atoms with Crippen LogP contribution in [0.4, 0.5) is 0 Å². The van der Waals surface area contributed by atoms with Gasteiger partial charge in [-0.25, -0.2) is 0 Å². The minimum Gasteiger partial charge on any atom is -0.454 e. The summed E-state index contributed by atoms with van der Waals surface area (Å²) in [4.78, 5) is 12.4. The van der Waals surface area contributed by atoms with Crippen molar-refractivity contribution < 1.29 is 14.3 Å². The van der Waals surface area contributed by atoms with Crippen LogP contribution in [0.15, 0.2) is 36.4 Å². The largest absolute Gasteiger partial charge is 0.454 e. The third-order valence-electron chi connectivity index (χ3n) is 4.62. The van der Waals surface area contributed by atoms with Crippen LogP contribution in [-0.4, -0.2) is 12.7 Å². The summed E-state index contributed by atoms with van der Waals surface area (Å²) in [6, 6.07) is 12.3. The van der Waals surface area contributed by atoms with Crippen molar-refractivity contribution in [2.24, 2.45) is 0 Å². The summed E-state index contributed by atoms with van der Waals surface area (Å²) in [5.74, 6) is 1.61. The van der Waals surface area contributed by atoms with Gasteiger partial charge in [0, 0.05) is 6.42 Å². The smallest absolute Gasteiger partial charge is 0.231 e. The topological polar surface area (TPSA) is 47.6 Å². The molecule has 4 nitrogen and oxygen atoms in total. The third kappa shape index (κ3) is 4.13. The van der Waals surface area contributed by atoms with Crippen molar-refractivity contribution in [1.82, 2.24) is 5.32 Å². The molecule has 1 heterocycles. The lowest BCUT2D eigenvalue weighted by Gasteiger charge is -2.20. The van der Waals surface area contributed by atoms with Gasteiger partial charge in [-0.1, -0.05) is 36.8 Å². The van der Waals surface area contributed by atoms with Crippen molar-refractivity contribution in [3.63, 3.8) is 0 Å². The highest BCUT2D eigenvalue weighted by atomic mass is 16.7. The van der Waals surface area contributed by atoms with E-state index >= 15 is 0 Å². The zero-order valence-electron chi connectivity index (χ0n) is 15.1. The first kappa shape index (κ1) is 17.3. The Morgan fingerprint density at radius 2 is 1.92 bits per heavy atom. The summed E-state index contributed by atoms with van der Waals surface area (Å²) < 4.78 is 10.7. The van der Waals surface area contributed by atoms with Crippen LogP contribution in [0.3, 0.4) is 0 Å². The van der Waals surface area contributed by atoms with E-state index in [1.54, 1.807) is 0 Å². The lowest BCUT2D eigenvalue weighted by Crippen LogP contribution is -2.28. The maximum Gasteiger partial charge on any atom is 0.231 e. The number of aryl methyl sites for hydroxylation is 3. The summed E-state index contributed by atoms with van der Waals surface area (Å²) in [5.41, 5.74) is 4.75. The lowest BCUT2D eigenvalue weighted by atomic mass is 9.97. The Bertz CT molecular complexity index is 770. The Kier molecular flexibility index (Phi) is 5.27. The van der Waals surface area contributed by atoms with Crippen molar-refractivity contribution in [3.05, 3.63) is 58.7 Å². The van der Waals surface area contributed by atoms with Crippen LogP contribution in [-0.2, 0) is 11.2 Å². The standard InChI is InChI=1S/C21H25NO3/c1-4-18(17-8-5-14(2)11-15(17)3)22-21(23)10-7-16-6-9-19-20(12-16)25-13-24-19/h5-6,8-9,11-12,18H,4,7,10,13H2,1-3H3,(H,22,23). The van der Waals surface area contributed by atoms with E-state index in [1.807, 2.05) is 18.2 Å². The first-order valence-corrected chi connectivity index (χ1v) is 8.82. The van der Waals surface area contributed by atoms with Crippen molar-refractivity contribution >= 4 is 5.91 Å². The van der Waals surface area contributed by atoms with E-state index in [-0.39, 0.29) is 18.7 Å². The van der Waals surface area contributed by atoms with Crippen LogP contribution in [0, 0.1) is 13.8 Å². The summed E-state index contributed by atoms with van der Waals surface area (Å²) in [6.45, 7) is 6.56. The van der Waals surface area contributed by atoms with Crippen molar-refractivity contribution in [2.75, 3.05) is 6.79 Å². The highest BCUT2D eigenvalue weighted by Gasteiger charge is 2.16. The van der Waals surface area contributed by atoms with Gasteiger partial charge in [0.05, 0.1) is 6.04 Å². The van der Waals surface area contributed by atoms with Gasteiger partial charge in [0.25, 0.3) is 0 Å². The van der Waals surface area contributed by atoms with Gasteiger partial charge >= 0.3 is 0 Å². The minimum absolute atomic E-state index is 0.0600. The number of rotatable bonds is 6. The molecule has 25 heavy (non-hydrogen) atoms. The fraction of sp³-hybridized carbons (Fsp3) is 0.381. The molecule has 132 valence electrons. The predicted molar refractivity (Wildman–Crippen MR) is 98.0 cm³/mol. The van der Waals surface area contributed by atoms with Gasteiger partial charge in [-0.3, -0.25) is 4.79 Å². The molecule has 4 heteroatoms. The summed E-state index contributed by atoms with van der Waals surface area (Å²) in [5, 5.41) is 3.17. The first-order chi connectivity index (χ1) is 12.1. The molecule has 1 N–H and O–H groups in total. The van der Waals surface area contributed by atoms with Crippen LogP contribution in [0.1, 0.15) is 48.1 Å². The van der Waals surface area contributed by atoms with E-state index in [2.05, 4.69) is 44.3 Å². The molecule has 3 rings (SSSR count). The molecule has 1 amide bonds. The molecule has 2 aromatic rings. The van der Waals surface area contributed by atoms with Crippen LogP contribution in [0.5, 0.6) is 11.5 Å². The highest BCUT2D eigenvalue weighted by molar-refractivity contribution is 5.76. The van der Waals surface area contributed by atoms with Gasteiger partial charge in [0.15, 0.2) is 11.5 Å². The van der Waals surface area contributed by atoms with Crippen LogP contribution in [0.25, 0.3) is 0 Å². The maximum atomic E-state index is 12.4. The number of fused-ring (bicyclic) bond motifs is 1. The highest BCUT2D eigenvalue weighted by Crippen LogP contribution is 2.32. The Labute approximate surface area is 149 Å². The first-order valence-electron chi connectivity index (χ1n) is 8.82. The molecule has 0 aliphatic carbocycles. The molecule has 0 saturated carbocycles. The number of carbonyl (C=O) groups excluding carboxylic acids is 1. The molecule has 2 aromatic carbocycles. The van der Waals surface area contributed by atoms with Gasteiger partial charge in [0.1, 0.15) is 0 Å². The predicted octanol–water partition coefficient (Wildman–Crippen LogP) is 4.23. The monoisotopic (exact) mass is 339 g/mol. The number of amides is 1. The summed E-state index contributed by atoms with van der Waals surface area (Å²) in [6.07, 6.45) is 2.02. The SMILES string of the molecule is CCC(NC(=O)CCc1ccc2c(c1)OCO2)c1ccc(C)cc1C. The molecule has 1 aliphatic rings. The zero-order valence-corrected chi connectivity index (χ0v) is 15.1. The van der Waals surface area contributed by atoms with Crippen molar-refractivity contribution in [2.45, 2.75) is 46.1 Å². The average molecular weight is 339 g/mol. The van der Waals surface area contributed by atoms with Gasteiger partial charge < -0.3 is 14.8 Å². The van der Waals surface area contributed by atoms with Gasteiger partial charge in [0.2, 0.25) is 12.7 Å². The van der Waals surface area contributed by atoms with Gasteiger partial charge in [-0.2, -0.15) is 0 Å². The van der Waals surface area contributed by atoms with E-state index in [4.69, 9.17) is 9.47 Å². The van der Waals surface area contributed by atoms with Gasteiger partial charge in [-0.05, 0) is 55.5 Å². The Hall–Kier alpha value is -2.49. The number of hydrogen-bond donors (Lipinski definition) is 1. The van der Waals surface area contributed by atoms with E-state index in [0.29, 0.717) is 12.8 Å². The summed E-state index contributed by atoms with van der Waals surface area (Å²) in [7, 11) is 0. The lowest BCUT2D eigenvalue weighted by molar-refractivity contribution is -0.121. The van der Waals surface area contributed by atoms with Crippen LogP contribution in [0.2, 0.25) is 0 Å². The Morgan fingerprint density at radius 1 is 1.12 bits per heavy atom. The second kappa shape index (κ2) is 7.60. The second-order valence-electron chi connectivity index (χ2n) is 6.58. The van der Waals surface area contributed by atoms with Crippen LogP contribution >= 0.6 is 0 Å². The normalized spacial score (nSPS) is 13.6. The number of nitrogens with one attached hydrogen (secondary N) is 1. The fourth-order valence-corrected chi connectivity index (χ4v) is 3.24. The number of benzene rings is 2. The zero-order chi connectivity index (χ0) is 17.8. The molecule has 0 aromatic heterocycles. The quantitative estimate of drug-likeness (QED) is 0.856. The van der Waals surface area contributed by atoms with Crippen molar-refractivity contribution in [1.29, 1.82) is 0 Å². The average Bonchev–Trinajstić information content (AvgIpc) is 3.06. The molecule has 1 aliphatic heterocycles. The summed E-state index contributed by atoms with van der Waals surface area (Å²) >= 11 is 0. The molecule has 1 unspecified atom stereocenters. The van der Waals surface area contributed by atoms with E-state index in [0.717, 1.165) is 23.5 Å². The number of hydrogen-bond acceptors (Lipinski definition) is 3. The molecule has 0 radical (unpaired) electrons. The van der Waals surface area contributed by atoms with Crippen molar-refractivity contribution in [3.8, 4) is 11.5 Å². The molecular formula is C21H25NO3. The third-order valence-corrected chi connectivity index (χ3v) is 4.62. The Balaban J connectivity index is 1.59. The maximum absolute atomic E-state index is 12.4. The molecule has 0 fully saturated rings. The van der Waals surface area contributed by atoms with Crippen LogP contribution < -0.4 is 14.8 Å². The van der Waals surface area contributed by atoms with E-state index in [9.17, 15) is 4.79 Å². The van der Waals surface area contributed by atoms with Gasteiger partial charge in [-0.15, -0.1) is 0 Å².